The van der Waals surface area contributed by atoms with Crippen molar-refractivity contribution in [2.45, 2.75) is 0 Å². The van der Waals surface area contributed by atoms with Crippen LogP contribution in [-0.4, -0.2) is 6.09 Å². The molecule has 72 valence electrons. The van der Waals surface area contributed by atoms with Crippen molar-refractivity contribution in [1.29, 1.82) is 0 Å². The van der Waals surface area contributed by atoms with E-state index in [1.54, 1.807) is 18.2 Å². The van der Waals surface area contributed by atoms with E-state index in [4.69, 9.17) is 4.74 Å². The summed E-state index contributed by atoms with van der Waals surface area (Å²) in [5.74, 6) is 0.481. The summed E-state index contributed by atoms with van der Waals surface area (Å²) in [5.41, 5.74) is 0.974. The Kier molecular flexibility index (Phi) is 3.49. The smallest absolute Gasteiger partial charge is 0.410 e. The number of carbonyl (C=O) groups excluding carboxylic acids is 1. The van der Waals surface area contributed by atoms with Gasteiger partial charge in [0.05, 0.1) is 0 Å². The number of nitrogens with one attached hydrogen (secondary N) is 1. The fraction of sp³-hybridized carbons (Fsp3) is 0. The average Bonchev–Trinajstić information content (AvgIpc) is 2.19. The molecule has 1 aromatic carbocycles. The van der Waals surface area contributed by atoms with Crippen LogP contribution in [0, 0.1) is 0 Å². The molecule has 3 heteroatoms. The quantitative estimate of drug-likeness (QED) is 0.793. The monoisotopic (exact) mass is 189 g/mol. The van der Waals surface area contributed by atoms with Crippen LogP contribution >= 0.6 is 0 Å². The first kappa shape index (κ1) is 10.1. The topological polar surface area (TPSA) is 38.3 Å². The predicted octanol–water partition coefficient (Wildman–Crippen LogP) is 2.56. The summed E-state index contributed by atoms with van der Waals surface area (Å²) in [6.07, 6.45) is 2.43. The van der Waals surface area contributed by atoms with Gasteiger partial charge in [-0.2, -0.15) is 0 Å². The fourth-order valence-electron chi connectivity index (χ4n) is 0.892. The van der Waals surface area contributed by atoms with Crippen LogP contribution in [0.4, 0.5) is 4.79 Å². The Balaban J connectivity index is 2.63. The van der Waals surface area contributed by atoms with Crippen LogP contribution in [0.15, 0.2) is 43.6 Å². The first-order valence-corrected chi connectivity index (χ1v) is 4.08. The van der Waals surface area contributed by atoms with Crippen molar-refractivity contribution < 1.29 is 9.53 Å². The molecule has 1 amide bonds. The number of ether oxygens (including phenoxy) is 1. The first-order chi connectivity index (χ1) is 6.76. The van der Waals surface area contributed by atoms with Gasteiger partial charge in [-0.3, -0.25) is 5.32 Å². The molecule has 0 heterocycles. The van der Waals surface area contributed by atoms with Crippen molar-refractivity contribution in [3.05, 3.63) is 49.2 Å². The zero-order valence-corrected chi connectivity index (χ0v) is 7.69. The zero-order valence-electron chi connectivity index (χ0n) is 7.69. The number of amides is 1. The third kappa shape index (κ3) is 2.79. The molecule has 0 unspecified atom stereocenters. The lowest BCUT2D eigenvalue weighted by molar-refractivity contribution is 0.204. The maximum atomic E-state index is 10.9. The van der Waals surface area contributed by atoms with Crippen molar-refractivity contribution in [1.82, 2.24) is 5.32 Å². The molecule has 1 aromatic rings. The molecule has 0 fully saturated rings. The zero-order chi connectivity index (χ0) is 10.4. The second-order valence-corrected chi connectivity index (χ2v) is 2.51. The van der Waals surface area contributed by atoms with E-state index in [0.717, 1.165) is 5.56 Å². The van der Waals surface area contributed by atoms with Gasteiger partial charge in [-0.15, -0.1) is 0 Å². The highest BCUT2D eigenvalue weighted by Gasteiger charge is 2.00. The molecule has 1 rings (SSSR count). The highest BCUT2D eigenvalue weighted by atomic mass is 16.5. The van der Waals surface area contributed by atoms with Gasteiger partial charge in [-0.05, 0) is 23.9 Å². The third-order valence-electron chi connectivity index (χ3n) is 1.55. The summed E-state index contributed by atoms with van der Waals surface area (Å²) >= 11 is 0. The minimum Gasteiger partial charge on any atom is -0.410 e. The Morgan fingerprint density at radius 2 is 1.93 bits per heavy atom. The molecule has 0 spiro atoms. The number of hydrogen-bond donors (Lipinski definition) is 1. The predicted molar refractivity (Wildman–Crippen MR) is 55.9 cm³/mol. The maximum absolute atomic E-state index is 10.9. The molecule has 1 N–H and O–H groups in total. The molecule has 0 aliphatic rings. The van der Waals surface area contributed by atoms with E-state index in [1.807, 2.05) is 12.1 Å². The molecule has 0 bridgehead atoms. The molecular weight excluding hydrogens is 178 g/mol. The van der Waals surface area contributed by atoms with Crippen molar-refractivity contribution in [3.63, 3.8) is 0 Å². The normalized spacial score (nSPS) is 8.86. The molecular formula is C11H11NO2. The van der Waals surface area contributed by atoms with Gasteiger partial charge < -0.3 is 4.74 Å². The lowest BCUT2D eigenvalue weighted by atomic mass is 10.2. The van der Waals surface area contributed by atoms with Crippen molar-refractivity contribution in [3.8, 4) is 5.75 Å². The van der Waals surface area contributed by atoms with Gasteiger partial charge in [0.2, 0.25) is 0 Å². The number of carbonyl (C=O) groups is 1. The van der Waals surface area contributed by atoms with Gasteiger partial charge in [0.1, 0.15) is 5.75 Å². The molecule has 0 aliphatic heterocycles. The minimum atomic E-state index is -0.550. The molecule has 0 saturated carbocycles. The second-order valence-electron chi connectivity index (χ2n) is 2.51. The Morgan fingerprint density at radius 3 is 2.43 bits per heavy atom. The van der Waals surface area contributed by atoms with Crippen LogP contribution in [0.2, 0.25) is 0 Å². The number of benzene rings is 1. The van der Waals surface area contributed by atoms with Gasteiger partial charge in [0.25, 0.3) is 0 Å². The highest BCUT2D eigenvalue weighted by Crippen LogP contribution is 2.12. The van der Waals surface area contributed by atoms with Crippen LogP contribution in [0.25, 0.3) is 6.08 Å². The standard InChI is InChI=1S/C11H11NO2/c1-3-9-5-7-10(8-6-9)14-11(13)12-4-2/h3-8H,1-2H2,(H,12,13). The molecule has 0 aromatic heterocycles. The van der Waals surface area contributed by atoms with E-state index in [0.29, 0.717) is 5.75 Å². The molecule has 0 atom stereocenters. The van der Waals surface area contributed by atoms with E-state index in [1.165, 1.54) is 6.20 Å². The summed E-state index contributed by atoms with van der Waals surface area (Å²) in [5, 5.41) is 2.31. The van der Waals surface area contributed by atoms with E-state index in [2.05, 4.69) is 18.5 Å². The molecule has 0 radical (unpaired) electrons. The van der Waals surface area contributed by atoms with E-state index >= 15 is 0 Å². The van der Waals surface area contributed by atoms with E-state index < -0.39 is 6.09 Å². The number of rotatable bonds is 3. The number of hydrogen-bond acceptors (Lipinski definition) is 2. The van der Waals surface area contributed by atoms with Gasteiger partial charge >= 0.3 is 6.09 Å². The SMILES string of the molecule is C=CNC(=O)Oc1ccc(C=C)cc1. The first-order valence-electron chi connectivity index (χ1n) is 4.08. The van der Waals surface area contributed by atoms with Gasteiger partial charge in [0.15, 0.2) is 0 Å². The van der Waals surface area contributed by atoms with Crippen LogP contribution in [0.1, 0.15) is 5.56 Å². The minimum absolute atomic E-state index is 0.481. The Bertz CT molecular complexity index is 341. The summed E-state index contributed by atoms with van der Waals surface area (Å²) in [7, 11) is 0. The van der Waals surface area contributed by atoms with Gasteiger partial charge in [-0.25, -0.2) is 4.79 Å². The molecule has 3 nitrogen and oxygen atoms in total. The summed E-state index contributed by atoms with van der Waals surface area (Å²) in [6, 6.07) is 7.01. The van der Waals surface area contributed by atoms with Crippen LogP contribution < -0.4 is 10.1 Å². The largest absolute Gasteiger partial charge is 0.416 e. The summed E-state index contributed by atoms with van der Waals surface area (Å²) in [4.78, 5) is 10.9. The van der Waals surface area contributed by atoms with E-state index in [9.17, 15) is 4.79 Å². The van der Waals surface area contributed by atoms with Crippen molar-refractivity contribution in [2.24, 2.45) is 0 Å². The Morgan fingerprint density at radius 1 is 1.29 bits per heavy atom. The lowest BCUT2D eigenvalue weighted by Crippen LogP contribution is -2.20. The molecule has 14 heavy (non-hydrogen) atoms. The van der Waals surface area contributed by atoms with Gasteiger partial charge in [-0.1, -0.05) is 31.4 Å². The summed E-state index contributed by atoms with van der Waals surface area (Å²) in [6.45, 7) is 6.96. The van der Waals surface area contributed by atoms with Crippen LogP contribution in [0.5, 0.6) is 5.75 Å². The maximum Gasteiger partial charge on any atom is 0.416 e. The second kappa shape index (κ2) is 4.87. The van der Waals surface area contributed by atoms with Gasteiger partial charge in [0, 0.05) is 0 Å². The highest BCUT2D eigenvalue weighted by molar-refractivity contribution is 5.71. The third-order valence-corrected chi connectivity index (χ3v) is 1.55. The van der Waals surface area contributed by atoms with Crippen molar-refractivity contribution >= 4 is 12.2 Å². The lowest BCUT2D eigenvalue weighted by Gasteiger charge is -2.02. The van der Waals surface area contributed by atoms with E-state index in [-0.39, 0.29) is 0 Å². The Hall–Kier alpha value is -2.03. The Labute approximate surface area is 82.7 Å². The van der Waals surface area contributed by atoms with Crippen molar-refractivity contribution in [2.75, 3.05) is 0 Å². The van der Waals surface area contributed by atoms with Crippen LogP contribution in [0.3, 0.4) is 0 Å². The molecule has 0 aliphatic carbocycles. The summed E-state index contributed by atoms with van der Waals surface area (Å²) < 4.78 is 4.90. The molecule has 0 saturated heterocycles. The average molecular weight is 189 g/mol. The van der Waals surface area contributed by atoms with Crippen LogP contribution in [-0.2, 0) is 0 Å². The fourth-order valence-corrected chi connectivity index (χ4v) is 0.892.